The first-order chi connectivity index (χ1) is 20.6. The third-order valence-electron chi connectivity index (χ3n) is 8.88. The van der Waals surface area contributed by atoms with Gasteiger partial charge in [0.15, 0.2) is 0 Å². The molecule has 0 N–H and O–H groups in total. The van der Waals surface area contributed by atoms with Crippen molar-refractivity contribution in [2.24, 2.45) is 0 Å². The molecule has 0 saturated carbocycles. The molecule has 0 fully saturated rings. The minimum absolute atomic E-state index is 1.03. The fourth-order valence-corrected chi connectivity index (χ4v) is 6.22. The normalized spacial score (nSPS) is 11.7. The molecule has 42 heavy (non-hydrogen) atoms. The van der Waals surface area contributed by atoms with E-state index in [-0.39, 0.29) is 0 Å². The summed E-state index contributed by atoms with van der Waals surface area (Å²) >= 11 is 0. The van der Waals surface area contributed by atoms with E-state index in [2.05, 4.69) is 86.3 Å². The van der Waals surface area contributed by atoms with Crippen LogP contribution in [0.15, 0.2) is 48.5 Å². The molecule has 2 nitrogen and oxygen atoms in total. The van der Waals surface area contributed by atoms with E-state index < -0.39 is 0 Å². The Labute approximate surface area is 262 Å². The van der Waals surface area contributed by atoms with Crippen molar-refractivity contribution in [2.75, 3.05) is 27.2 Å². The van der Waals surface area contributed by atoms with Gasteiger partial charge in [0.2, 0.25) is 0 Å². The van der Waals surface area contributed by atoms with Crippen LogP contribution in [-0.2, 0) is 13.1 Å². The lowest BCUT2D eigenvalue weighted by atomic mass is 10.0. The number of unbranched alkanes of at least 4 members (excludes halogenated alkanes) is 18. The Bertz CT molecular complexity index is 817. The third kappa shape index (κ3) is 18.1. The summed E-state index contributed by atoms with van der Waals surface area (Å²) in [6.07, 6.45) is 28.1. The molecule has 0 atom stereocenters. The second-order valence-corrected chi connectivity index (χ2v) is 13.2. The molecule has 2 heteroatoms. The van der Waals surface area contributed by atoms with Crippen LogP contribution in [0.3, 0.4) is 0 Å². The van der Waals surface area contributed by atoms with Crippen LogP contribution in [0.1, 0.15) is 153 Å². The van der Waals surface area contributed by atoms with Crippen LogP contribution in [0.2, 0.25) is 0 Å². The van der Waals surface area contributed by atoms with Gasteiger partial charge in [-0.15, -0.1) is 0 Å². The molecule has 0 aliphatic carbocycles. The van der Waals surface area contributed by atoms with E-state index >= 15 is 0 Å². The molecule has 0 amide bonds. The van der Waals surface area contributed by atoms with Crippen LogP contribution in [0.4, 0.5) is 0 Å². The Morgan fingerprint density at radius 1 is 0.405 bits per heavy atom. The van der Waals surface area contributed by atoms with Crippen molar-refractivity contribution in [1.29, 1.82) is 0 Å². The zero-order valence-corrected chi connectivity index (χ0v) is 28.5. The van der Waals surface area contributed by atoms with Crippen molar-refractivity contribution in [3.05, 3.63) is 59.7 Å². The van der Waals surface area contributed by atoms with E-state index in [4.69, 9.17) is 0 Å². The largest absolute Gasteiger partial charge is 0.302 e. The van der Waals surface area contributed by atoms with E-state index in [1.54, 1.807) is 0 Å². The highest BCUT2D eigenvalue weighted by Crippen LogP contribution is 2.23. The van der Waals surface area contributed by atoms with Gasteiger partial charge in [-0.25, -0.2) is 0 Å². The summed E-state index contributed by atoms with van der Waals surface area (Å²) in [5, 5.41) is 0. The number of nitrogens with zero attached hydrogens (tertiary/aromatic N) is 2. The zero-order valence-electron chi connectivity index (χ0n) is 28.5. The van der Waals surface area contributed by atoms with E-state index in [9.17, 15) is 0 Å². The first-order valence-corrected chi connectivity index (χ1v) is 18.2. The maximum atomic E-state index is 2.50. The highest BCUT2D eigenvalue weighted by atomic mass is 15.1. The van der Waals surface area contributed by atoms with Crippen molar-refractivity contribution in [3.63, 3.8) is 0 Å². The van der Waals surface area contributed by atoms with Gasteiger partial charge in [-0.3, -0.25) is 0 Å². The summed E-state index contributed by atoms with van der Waals surface area (Å²) in [6.45, 7) is 9.06. The van der Waals surface area contributed by atoms with Crippen LogP contribution in [0.5, 0.6) is 0 Å². The first kappa shape index (κ1) is 36.6. The lowest BCUT2D eigenvalue weighted by molar-refractivity contribution is 0.316. The predicted molar refractivity (Wildman–Crippen MR) is 188 cm³/mol. The number of benzene rings is 2. The minimum atomic E-state index is 1.03. The van der Waals surface area contributed by atoms with Crippen LogP contribution in [0, 0.1) is 0 Å². The fourth-order valence-electron chi connectivity index (χ4n) is 6.22. The molecule has 0 aliphatic heterocycles. The van der Waals surface area contributed by atoms with Crippen LogP contribution >= 0.6 is 0 Å². The number of hydrogen-bond donors (Lipinski definition) is 0. The molecule has 2 rings (SSSR count). The number of hydrogen-bond acceptors (Lipinski definition) is 2. The SMILES string of the molecule is CCCCCCCCCCCCN(C)Cc1cccc(-c2cccc(CN(C)CCCCCCCCCCCC)c2)c1. The maximum absolute atomic E-state index is 2.50. The second-order valence-electron chi connectivity index (χ2n) is 13.2. The summed E-state index contributed by atoms with van der Waals surface area (Å²) in [5.41, 5.74) is 5.54. The molecule has 0 saturated heterocycles. The summed E-state index contributed by atoms with van der Waals surface area (Å²) in [6, 6.07) is 18.4. The van der Waals surface area contributed by atoms with E-state index in [1.807, 2.05) is 0 Å². The molecular formula is C40H68N2. The molecular weight excluding hydrogens is 508 g/mol. The zero-order chi connectivity index (χ0) is 30.1. The van der Waals surface area contributed by atoms with Crippen molar-refractivity contribution in [3.8, 4) is 11.1 Å². The van der Waals surface area contributed by atoms with Gasteiger partial charge in [-0.2, -0.15) is 0 Å². The van der Waals surface area contributed by atoms with Crippen molar-refractivity contribution in [2.45, 2.75) is 155 Å². The molecule has 0 aromatic heterocycles. The topological polar surface area (TPSA) is 6.48 Å². The Hall–Kier alpha value is -1.64. The van der Waals surface area contributed by atoms with Gasteiger partial charge < -0.3 is 9.80 Å². The average molecular weight is 577 g/mol. The number of rotatable bonds is 27. The smallest absolute Gasteiger partial charge is 0.0230 e. The highest BCUT2D eigenvalue weighted by molar-refractivity contribution is 5.65. The molecule has 238 valence electrons. The molecule has 0 spiro atoms. The van der Waals surface area contributed by atoms with E-state index in [0.717, 1.165) is 13.1 Å². The van der Waals surface area contributed by atoms with Crippen molar-refractivity contribution < 1.29 is 0 Å². The van der Waals surface area contributed by atoms with Gasteiger partial charge in [-0.1, -0.05) is 166 Å². The second kappa shape index (κ2) is 24.8. The Morgan fingerprint density at radius 2 is 0.714 bits per heavy atom. The molecule has 2 aromatic rings. The lowest BCUT2D eigenvalue weighted by Gasteiger charge is -2.18. The summed E-state index contributed by atoms with van der Waals surface area (Å²) in [5.74, 6) is 0. The van der Waals surface area contributed by atoms with Gasteiger partial charge in [0.25, 0.3) is 0 Å². The molecule has 0 aliphatic rings. The summed E-state index contributed by atoms with van der Waals surface area (Å²) < 4.78 is 0. The molecule has 0 unspecified atom stereocenters. The van der Waals surface area contributed by atoms with Crippen molar-refractivity contribution in [1.82, 2.24) is 9.80 Å². The lowest BCUT2D eigenvalue weighted by Crippen LogP contribution is -2.19. The molecule has 0 bridgehead atoms. The Morgan fingerprint density at radius 3 is 1.05 bits per heavy atom. The summed E-state index contributed by atoms with van der Waals surface area (Å²) in [7, 11) is 4.57. The van der Waals surface area contributed by atoms with E-state index in [0.29, 0.717) is 0 Å². The fraction of sp³-hybridized carbons (Fsp3) is 0.700. The minimum Gasteiger partial charge on any atom is -0.302 e. The quantitative estimate of drug-likeness (QED) is 0.0976. The molecule has 0 heterocycles. The van der Waals surface area contributed by atoms with Crippen LogP contribution in [-0.4, -0.2) is 37.0 Å². The van der Waals surface area contributed by atoms with Gasteiger partial charge in [0.1, 0.15) is 0 Å². The van der Waals surface area contributed by atoms with Gasteiger partial charge in [0.05, 0.1) is 0 Å². The van der Waals surface area contributed by atoms with Gasteiger partial charge in [0, 0.05) is 13.1 Å². The van der Waals surface area contributed by atoms with Crippen LogP contribution in [0.25, 0.3) is 11.1 Å². The molecule has 0 radical (unpaired) electrons. The maximum Gasteiger partial charge on any atom is 0.0230 e. The van der Waals surface area contributed by atoms with Crippen molar-refractivity contribution >= 4 is 0 Å². The summed E-state index contributed by atoms with van der Waals surface area (Å²) in [4.78, 5) is 5.01. The highest BCUT2D eigenvalue weighted by Gasteiger charge is 2.06. The third-order valence-corrected chi connectivity index (χ3v) is 8.88. The van der Waals surface area contributed by atoms with Gasteiger partial charge >= 0.3 is 0 Å². The molecule has 2 aromatic carbocycles. The average Bonchev–Trinajstić information content (AvgIpc) is 2.99. The van der Waals surface area contributed by atoms with E-state index in [1.165, 1.54) is 164 Å². The van der Waals surface area contributed by atoms with Crippen LogP contribution < -0.4 is 0 Å². The monoisotopic (exact) mass is 577 g/mol. The Kier molecular flexibility index (Phi) is 21.6. The predicted octanol–water partition coefficient (Wildman–Crippen LogP) is 12.1. The van der Waals surface area contributed by atoms with Gasteiger partial charge in [-0.05, 0) is 74.4 Å². The Balaban J connectivity index is 1.64. The standard InChI is InChI=1S/C40H68N2/c1-5-7-9-11-13-15-17-19-21-23-31-41(3)35-37-27-25-29-39(33-37)40-30-26-28-38(34-40)36-42(4)32-24-22-20-18-16-14-12-10-8-6-2/h25-30,33-34H,5-24,31-32,35-36H2,1-4H3. The first-order valence-electron chi connectivity index (χ1n) is 18.2.